The van der Waals surface area contributed by atoms with E-state index in [1.807, 2.05) is 51.1 Å². The number of esters is 1. The first-order valence-electron chi connectivity index (χ1n) is 9.80. The first-order chi connectivity index (χ1) is 14.2. The van der Waals surface area contributed by atoms with E-state index in [0.717, 1.165) is 5.56 Å². The second kappa shape index (κ2) is 10.9. The van der Waals surface area contributed by atoms with Gasteiger partial charge in [-0.05, 0) is 57.0 Å². The second-order valence-corrected chi connectivity index (χ2v) is 8.33. The summed E-state index contributed by atoms with van der Waals surface area (Å²) in [6, 6.07) is 16.0. The number of rotatable bonds is 8. The van der Waals surface area contributed by atoms with Gasteiger partial charge < -0.3 is 19.7 Å². The molecule has 2 rings (SSSR count). The molecule has 6 nitrogen and oxygen atoms in total. The zero-order chi connectivity index (χ0) is 22.1. The molecule has 0 bridgehead atoms. The molecule has 2 aromatic carbocycles. The number of carbonyl (C=O) groups is 2. The predicted octanol–water partition coefficient (Wildman–Crippen LogP) is 4.77. The third-order valence-corrected chi connectivity index (χ3v) is 4.49. The standard InChI is InChI=1S/C23H29ClN2O4/c1-23(2,3)30-22(28)26(15-14-17-8-6-5-7-9-17)16-20(21(27)29-4)25-19-12-10-18(24)11-13-19/h5-13,20,25H,14-16H2,1-4H3/t20-/m0/s1. The van der Waals surface area contributed by atoms with E-state index < -0.39 is 23.7 Å². The maximum absolute atomic E-state index is 12.8. The Labute approximate surface area is 183 Å². The van der Waals surface area contributed by atoms with Crippen molar-refractivity contribution in [2.24, 2.45) is 0 Å². The van der Waals surface area contributed by atoms with Crippen molar-refractivity contribution in [3.05, 3.63) is 65.2 Å². The van der Waals surface area contributed by atoms with Crippen molar-refractivity contribution >= 4 is 29.4 Å². The van der Waals surface area contributed by atoms with Gasteiger partial charge in [0.2, 0.25) is 0 Å². The summed E-state index contributed by atoms with van der Waals surface area (Å²) < 4.78 is 10.5. The summed E-state index contributed by atoms with van der Waals surface area (Å²) in [5.74, 6) is -0.474. The largest absolute Gasteiger partial charge is 0.467 e. The molecular formula is C23H29ClN2O4. The summed E-state index contributed by atoms with van der Waals surface area (Å²) in [5.41, 5.74) is 1.14. The van der Waals surface area contributed by atoms with E-state index in [-0.39, 0.29) is 6.54 Å². The molecule has 0 aromatic heterocycles. The molecule has 1 atom stereocenters. The van der Waals surface area contributed by atoms with Crippen LogP contribution in [0.1, 0.15) is 26.3 Å². The Hall–Kier alpha value is -2.73. The van der Waals surface area contributed by atoms with Crippen LogP contribution in [0.2, 0.25) is 5.02 Å². The lowest BCUT2D eigenvalue weighted by Gasteiger charge is -2.30. The highest BCUT2D eigenvalue weighted by Gasteiger charge is 2.28. The number of carbonyl (C=O) groups excluding carboxylic acids is 2. The Morgan fingerprint density at radius 3 is 2.27 bits per heavy atom. The van der Waals surface area contributed by atoms with Gasteiger partial charge in [0.15, 0.2) is 0 Å². The number of nitrogens with zero attached hydrogens (tertiary/aromatic N) is 1. The highest BCUT2D eigenvalue weighted by Crippen LogP contribution is 2.16. The van der Waals surface area contributed by atoms with Crippen LogP contribution < -0.4 is 5.32 Å². The van der Waals surface area contributed by atoms with Crippen molar-refractivity contribution in [1.82, 2.24) is 4.90 Å². The molecule has 0 heterocycles. The molecule has 0 aliphatic carbocycles. The molecule has 2 aromatic rings. The van der Waals surface area contributed by atoms with Gasteiger partial charge in [-0.1, -0.05) is 41.9 Å². The highest BCUT2D eigenvalue weighted by molar-refractivity contribution is 6.30. The Morgan fingerprint density at radius 2 is 1.70 bits per heavy atom. The normalized spacial score (nSPS) is 12.0. The molecule has 0 radical (unpaired) electrons. The monoisotopic (exact) mass is 432 g/mol. The Balaban J connectivity index is 2.18. The number of nitrogens with one attached hydrogen (secondary N) is 1. The van der Waals surface area contributed by atoms with E-state index in [0.29, 0.717) is 23.7 Å². The Kier molecular flexibility index (Phi) is 8.54. The molecule has 7 heteroatoms. The van der Waals surface area contributed by atoms with Crippen LogP contribution >= 0.6 is 11.6 Å². The van der Waals surface area contributed by atoms with Gasteiger partial charge in [0.05, 0.1) is 13.7 Å². The third-order valence-electron chi connectivity index (χ3n) is 4.24. The van der Waals surface area contributed by atoms with Crippen molar-refractivity contribution in [1.29, 1.82) is 0 Å². The number of hydrogen-bond acceptors (Lipinski definition) is 5. The van der Waals surface area contributed by atoms with E-state index in [2.05, 4.69) is 5.32 Å². The van der Waals surface area contributed by atoms with Crippen LogP contribution in [0.3, 0.4) is 0 Å². The lowest BCUT2D eigenvalue weighted by atomic mass is 10.1. The van der Waals surface area contributed by atoms with Crippen LogP contribution in [0.5, 0.6) is 0 Å². The third kappa shape index (κ3) is 7.95. The fourth-order valence-electron chi connectivity index (χ4n) is 2.78. The van der Waals surface area contributed by atoms with Crippen molar-refractivity contribution in [2.75, 3.05) is 25.5 Å². The lowest BCUT2D eigenvalue weighted by molar-refractivity contribution is -0.141. The molecule has 162 valence electrons. The minimum Gasteiger partial charge on any atom is -0.467 e. The number of amides is 1. The molecule has 0 aliphatic heterocycles. The predicted molar refractivity (Wildman–Crippen MR) is 119 cm³/mol. The molecule has 1 N–H and O–H groups in total. The van der Waals surface area contributed by atoms with Crippen LogP contribution in [0.15, 0.2) is 54.6 Å². The molecule has 1 amide bonds. The average Bonchev–Trinajstić information content (AvgIpc) is 2.70. The van der Waals surface area contributed by atoms with E-state index in [4.69, 9.17) is 21.1 Å². The molecule has 30 heavy (non-hydrogen) atoms. The van der Waals surface area contributed by atoms with Gasteiger partial charge in [-0.2, -0.15) is 0 Å². The quantitative estimate of drug-likeness (QED) is 0.608. The Morgan fingerprint density at radius 1 is 1.07 bits per heavy atom. The molecular weight excluding hydrogens is 404 g/mol. The molecule has 0 fully saturated rings. The highest BCUT2D eigenvalue weighted by atomic mass is 35.5. The molecule has 0 aliphatic rings. The van der Waals surface area contributed by atoms with Crippen molar-refractivity contribution in [3.8, 4) is 0 Å². The van der Waals surface area contributed by atoms with Crippen molar-refractivity contribution in [3.63, 3.8) is 0 Å². The smallest absolute Gasteiger partial charge is 0.410 e. The van der Waals surface area contributed by atoms with E-state index in [1.54, 1.807) is 24.3 Å². The van der Waals surface area contributed by atoms with Crippen molar-refractivity contribution < 1.29 is 19.1 Å². The van der Waals surface area contributed by atoms with Gasteiger partial charge in [0.1, 0.15) is 11.6 Å². The van der Waals surface area contributed by atoms with Crippen LogP contribution in [0.25, 0.3) is 0 Å². The van der Waals surface area contributed by atoms with Gasteiger partial charge in [-0.25, -0.2) is 9.59 Å². The van der Waals surface area contributed by atoms with Gasteiger partial charge in [0, 0.05) is 17.3 Å². The number of ether oxygens (including phenoxy) is 2. The van der Waals surface area contributed by atoms with Gasteiger partial charge in [0.25, 0.3) is 0 Å². The summed E-state index contributed by atoms with van der Waals surface area (Å²) >= 11 is 5.94. The fourth-order valence-corrected chi connectivity index (χ4v) is 2.91. The molecule has 0 unspecified atom stereocenters. The summed E-state index contributed by atoms with van der Waals surface area (Å²) in [6.45, 7) is 5.92. The fraction of sp³-hybridized carbons (Fsp3) is 0.391. The second-order valence-electron chi connectivity index (χ2n) is 7.89. The summed E-state index contributed by atoms with van der Waals surface area (Å²) in [4.78, 5) is 26.8. The number of benzene rings is 2. The van der Waals surface area contributed by atoms with Crippen LogP contribution in [-0.4, -0.2) is 48.8 Å². The molecule has 0 saturated heterocycles. The minimum absolute atomic E-state index is 0.0943. The van der Waals surface area contributed by atoms with E-state index in [1.165, 1.54) is 12.0 Å². The van der Waals surface area contributed by atoms with Crippen molar-refractivity contribution in [2.45, 2.75) is 38.8 Å². The SMILES string of the molecule is COC(=O)[C@H](CN(CCc1ccccc1)C(=O)OC(C)(C)C)Nc1ccc(Cl)cc1. The van der Waals surface area contributed by atoms with E-state index >= 15 is 0 Å². The molecule has 0 saturated carbocycles. The first-order valence-corrected chi connectivity index (χ1v) is 10.2. The number of methoxy groups -OCH3 is 1. The number of anilines is 1. The van der Waals surface area contributed by atoms with Gasteiger partial charge in [-0.3, -0.25) is 0 Å². The summed E-state index contributed by atoms with van der Waals surface area (Å²) in [6.07, 6.45) is 0.153. The Bertz CT molecular complexity index is 819. The minimum atomic E-state index is -0.764. The lowest BCUT2D eigenvalue weighted by Crippen LogP contribution is -2.47. The first kappa shape index (κ1) is 23.5. The van der Waals surface area contributed by atoms with Crippen LogP contribution in [-0.2, 0) is 20.7 Å². The maximum Gasteiger partial charge on any atom is 0.410 e. The zero-order valence-corrected chi connectivity index (χ0v) is 18.6. The van der Waals surface area contributed by atoms with Gasteiger partial charge >= 0.3 is 12.1 Å². The summed E-state index contributed by atoms with van der Waals surface area (Å²) in [5, 5.41) is 3.71. The number of halogens is 1. The molecule has 0 spiro atoms. The average molecular weight is 433 g/mol. The van der Waals surface area contributed by atoms with Crippen LogP contribution in [0.4, 0.5) is 10.5 Å². The van der Waals surface area contributed by atoms with E-state index in [9.17, 15) is 9.59 Å². The number of hydrogen-bond donors (Lipinski definition) is 1. The zero-order valence-electron chi connectivity index (χ0n) is 17.9. The van der Waals surface area contributed by atoms with Gasteiger partial charge in [-0.15, -0.1) is 0 Å². The maximum atomic E-state index is 12.8. The summed E-state index contributed by atoms with van der Waals surface area (Å²) in [7, 11) is 1.32. The topological polar surface area (TPSA) is 67.9 Å². The van der Waals surface area contributed by atoms with Crippen LogP contribution in [0, 0.1) is 0 Å².